The summed E-state index contributed by atoms with van der Waals surface area (Å²) in [5.74, 6) is 0.708. The molecule has 24 heavy (non-hydrogen) atoms. The molecule has 3 rings (SSSR count). The molecular weight excluding hydrogens is 306 g/mol. The van der Waals surface area contributed by atoms with Gasteiger partial charge in [-0.1, -0.05) is 12.8 Å². The highest BCUT2D eigenvalue weighted by atomic mass is 16.3. The van der Waals surface area contributed by atoms with Crippen LogP contribution in [0.4, 0.5) is 0 Å². The largest absolute Gasteiger partial charge is 0.461 e. The van der Waals surface area contributed by atoms with Crippen LogP contribution in [0, 0.1) is 0 Å². The summed E-state index contributed by atoms with van der Waals surface area (Å²) in [6.45, 7) is 6.05. The second-order valence-corrected chi connectivity index (χ2v) is 6.75. The first-order valence-electron chi connectivity index (χ1n) is 9.01. The quantitative estimate of drug-likeness (QED) is 0.764. The van der Waals surface area contributed by atoms with E-state index in [0.717, 1.165) is 52.1 Å². The van der Waals surface area contributed by atoms with Gasteiger partial charge in [-0.3, -0.25) is 19.4 Å². The van der Waals surface area contributed by atoms with Gasteiger partial charge in [0.25, 0.3) is 0 Å². The third kappa shape index (κ3) is 4.68. The number of likely N-dealkylation sites (tertiary alicyclic amines) is 1. The second kappa shape index (κ2) is 8.44. The van der Waals surface area contributed by atoms with E-state index in [2.05, 4.69) is 9.80 Å². The van der Waals surface area contributed by atoms with Crippen molar-refractivity contribution in [2.45, 2.75) is 25.7 Å². The number of Topliss-reactive ketones (excluding diaryl/α,β-unsaturated/α-hetero) is 1. The molecule has 0 aromatic carbocycles. The van der Waals surface area contributed by atoms with Crippen LogP contribution in [0.25, 0.3) is 0 Å². The molecule has 1 aromatic heterocycles. The standard InChI is InChI=1S/C18H27N3O3/c22-16(17-6-5-13-24-17)14-19-9-11-20(12-10-19)15-18(23)21-7-3-1-2-4-8-21/h5-6,13H,1-4,7-12,14-15H2. The zero-order valence-corrected chi connectivity index (χ0v) is 14.3. The lowest BCUT2D eigenvalue weighted by atomic mass is 10.2. The zero-order chi connectivity index (χ0) is 16.8. The van der Waals surface area contributed by atoms with Gasteiger partial charge in [-0.05, 0) is 25.0 Å². The predicted molar refractivity (Wildman–Crippen MR) is 91.0 cm³/mol. The molecule has 0 spiro atoms. The maximum Gasteiger partial charge on any atom is 0.236 e. The number of rotatable bonds is 5. The molecule has 0 radical (unpaired) electrons. The van der Waals surface area contributed by atoms with E-state index >= 15 is 0 Å². The lowest BCUT2D eigenvalue weighted by Gasteiger charge is -2.34. The number of amides is 1. The fraction of sp³-hybridized carbons (Fsp3) is 0.667. The van der Waals surface area contributed by atoms with Gasteiger partial charge in [-0.25, -0.2) is 0 Å². The van der Waals surface area contributed by atoms with Gasteiger partial charge in [-0.15, -0.1) is 0 Å². The van der Waals surface area contributed by atoms with E-state index in [9.17, 15) is 9.59 Å². The van der Waals surface area contributed by atoms with Crippen LogP contribution in [-0.4, -0.2) is 78.7 Å². The fourth-order valence-electron chi connectivity index (χ4n) is 3.44. The molecule has 132 valence electrons. The minimum Gasteiger partial charge on any atom is -0.461 e. The van der Waals surface area contributed by atoms with Gasteiger partial charge in [0.2, 0.25) is 11.7 Å². The van der Waals surface area contributed by atoms with E-state index in [1.165, 1.54) is 19.1 Å². The number of ketones is 1. The number of nitrogens with zero attached hydrogens (tertiary/aromatic N) is 3. The second-order valence-electron chi connectivity index (χ2n) is 6.75. The van der Waals surface area contributed by atoms with Crippen LogP contribution in [0.15, 0.2) is 22.8 Å². The summed E-state index contributed by atoms with van der Waals surface area (Å²) in [6.07, 6.45) is 6.28. The molecule has 1 amide bonds. The molecule has 0 unspecified atom stereocenters. The van der Waals surface area contributed by atoms with Crippen LogP contribution in [0.2, 0.25) is 0 Å². The molecule has 0 atom stereocenters. The lowest BCUT2D eigenvalue weighted by Crippen LogP contribution is -2.51. The van der Waals surface area contributed by atoms with Crippen molar-refractivity contribution in [1.29, 1.82) is 0 Å². The Morgan fingerprint density at radius 2 is 1.50 bits per heavy atom. The van der Waals surface area contributed by atoms with E-state index in [1.54, 1.807) is 12.1 Å². The molecule has 2 aliphatic rings. The Morgan fingerprint density at radius 1 is 0.875 bits per heavy atom. The Hall–Kier alpha value is -1.66. The highest BCUT2D eigenvalue weighted by Gasteiger charge is 2.24. The number of hydrogen-bond acceptors (Lipinski definition) is 5. The first-order valence-corrected chi connectivity index (χ1v) is 9.01. The molecule has 2 fully saturated rings. The van der Waals surface area contributed by atoms with Crippen LogP contribution in [0.1, 0.15) is 36.2 Å². The number of carbonyl (C=O) groups is 2. The van der Waals surface area contributed by atoms with Crippen molar-refractivity contribution in [2.24, 2.45) is 0 Å². The predicted octanol–water partition coefficient (Wildman–Crippen LogP) is 1.48. The number of hydrogen-bond donors (Lipinski definition) is 0. The van der Waals surface area contributed by atoms with E-state index in [4.69, 9.17) is 4.42 Å². The molecule has 2 aliphatic heterocycles. The minimum atomic E-state index is 0.0223. The number of piperazine rings is 1. The lowest BCUT2D eigenvalue weighted by molar-refractivity contribution is -0.132. The van der Waals surface area contributed by atoms with Gasteiger partial charge in [0.05, 0.1) is 19.4 Å². The average molecular weight is 333 g/mol. The minimum absolute atomic E-state index is 0.0223. The molecule has 2 saturated heterocycles. The maximum atomic E-state index is 12.4. The number of carbonyl (C=O) groups excluding carboxylic acids is 2. The summed E-state index contributed by atoms with van der Waals surface area (Å²) < 4.78 is 5.15. The van der Waals surface area contributed by atoms with Crippen molar-refractivity contribution in [2.75, 3.05) is 52.4 Å². The highest BCUT2D eigenvalue weighted by molar-refractivity contribution is 5.95. The molecule has 1 aromatic rings. The summed E-state index contributed by atoms with van der Waals surface area (Å²) in [4.78, 5) is 30.9. The molecule has 0 saturated carbocycles. The number of furan rings is 1. The normalized spacial score (nSPS) is 20.8. The first-order chi connectivity index (χ1) is 11.7. The monoisotopic (exact) mass is 333 g/mol. The van der Waals surface area contributed by atoms with Gasteiger partial charge in [0.1, 0.15) is 0 Å². The van der Waals surface area contributed by atoms with Crippen molar-refractivity contribution in [3.8, 4) is 0 Å². The van der Waals surface area contributed by atoms with Crippen LogP contribution < -0.4 is 0 Å². The topological polar surface area (TPSA) is 57.0 Å². The Kier molecular flexibility index (Phi) is 6.04. The summed E-state index contributed by atoms with van der Waals surface area (Å²) in [7, 11) is 0. The molecular formula is C18H27N3O3. The van der Waals surface area contributed by atoms with Crippen molar-refractivity contribution < 1.29 is 14.0 Å². The van der Waals surface area contributed by atoms with Gasteiger partial charge in [0.15, 0.2) is 5.76 Å². The van der Waals surface area contributed by atoms with E-state index in [0.29, 0.717) is 18.8 Å². The van der Waals surface area contributed by atoms with Gasteiger partial charge in [0, 0.05) is 39.3 Å². The summed E-state index contributed by atoms with van der Waals surface area (Å²) >= 11 is 0. The van der Waals surface area contributed by atoms with Crippen molar-refractivity contribution in [3.05, 3.63) is 24.2 Å². The first kappa shape index (κ1) is 17.2. The van der Waals surface area contributed by atoms with Crippen LogP contribution in [0.5, 0.6) is 0 Å². The smallest absolute Gasteiger partial charge is 0.236 e. The molecule has 0 bridgehead atoms. The van der Waals surface area contributed by atoms with Gasteiger partial charge < -0.3 is 9.32 Å². The highest BCUT2D eigenvalue weighted by Crippen LogP contribution is 2.11. The van der Waals surface area contributed by atoms with Crippen molar-refractivity contribution >= 4 is 11.7 Å². The van der Waals surface area contributed by atoms with Gasteiger partial charge >= 0.3 is 0 Å². The van der Waals surface area contributed by atoms with E-state index in [-0.39, 0.29) is 11.7 Å². The molecule has 6 nitrogen and oxygen atoms in total. The SMILES string of the molecule is O=C(CN1CCN(CC(=O)N2CCCCCC2)CC1)c1ccco1. The molecule has 0 aliphatic carbocycles. The van der Waals surface area contributed by atoms with Crippen molar-refractivity contribution in [3.63, 3.8) is 0 Å². The fourth-order valence-corrected chi connectivity index (χ4v) is 3.44. The Bertz CT molecular complexity index is 528. The maximum absolute atomic E-state index is 12.4. The average Bonchev–Trinajstić information content (AvgIpc) is 2.99. The van der Waals surface area contributed by atoms with E-state index < -0.39 is 0 Å². The zero-order valence-electron chi connectivity index (χ0n) is 14.3. The summed E-state index contributed by atoms with van der Waals surface area (Å²) in [6, 6.07) is 3.44. The van der Waals surface area contributed by atoms with E-state index in [1.807, 2.05) is 4.90 Å². The summed E-state index contributed by atoms with van der Waals surface area (Å²) in [5, 5.41) is 0. The van der Waals surface area contributed by atoms with Crippen molar-refractivity contribution in [1.82, 2.24) is 14.7 Å². The van der Waals surface area contributed by atoms with Gasteiger partial charge in [-0.2, -0.15) is 0 Å². The third-order valence-electron chi connectivity index (χ3n) is 4.95. The van der Waals surface area contributed by atoms with Crippen LogP contribution in [-0.2, 0) is 4.79 Å². The third-order valence-corrected chi connectivity index (χ3v) is 4.95. The Morgan fingerprint density at radius 3 is 2.08 bits per heavy atom. The molecule has 0 N–H and O–H groups in total. The summed E-state index contributed by atoms with van der Waals surface area (Å²) in [5.41, 5.74) is 0. The van der Waals surface area contributed by atoms with Crippen LogP contribution in [0.3, 0.4) is 0 Å². The Balaban J connectivity index is 1.40. The Labute approximate surface area is 143 Å². The molecule has 3 heterocycles. The molecule has 6 heteroatoms. The van der Waals surface area contributed by atoms with Crippen LogP contribution >= 0.6 is 0 Å².